The highest BCUT2D eigenvalue weighted by Crippen LogP contribution is 2.38. The van der Waals surface area contributed by atoms with Crippen molar-refractivity contribution in [3.8, 4) is 11.5 Å². The van der Waals surface area contributed by atoms with Crippen molar-refractivity contribution in [2.75, 3.05) is 19.5 Å². The summed E-state index contributed by atoms with van der Waals surface area (Å²) in [6.45, 7) is 2.55. The van der Waals surface area contributed by atoms with Crippen molar-refractivity contribution < 1.29 is 19.1 Å². The van der Waals surface area contributed by atoms with Crippen LogP contribution >= 0.6 is 34.8 Å². The third-order valence-electron chi connectivity index (χ3n) is 5.95. The van der Waals surface area contributed by atoms with Gasteiger partial charge in [0.15, 0.2) is 16.7 Å². The smallest absolute Gasteiger partial charge is 0.220 e. The average Bonchev–Trinajstić information content (AvgIpc) is 3.16. The number of amides is 2. The van der Waals surface area contributed by atoms with E-state index >= 15 is 0 Å². The number of nitrogens with zero attached hydrogens (tertiary/aromatic N) is 2. The summed E-state index contributed by atoms with van der Waals surface area (Å²) in [6.07, 6.45) is 2.30. The fourth-order valence-electron chi connectivity index (χ4n) is 3.98. The number of methoxy groups -OCH3 is 2. The van der Waals surface area contributed by atoms with Crippen LogP contribution in [0.2, 0.25) is 15.3 Å². The number of para-hydroxylation sites is 1. The predicted molar refractivity (Wildman–Crippen MR) is 146 cm³/mol. The SMILES string of the molecule is COc1ccc(CC(C)CCC(=O)NCc2nc(Cl)c(Cl)n2Cc2ccccc2NC=O)c(Cl)c1OC. The van der Waals surface area contributed by atoms with Crippen molar-refractivity contribution in [2.24, 2.45) is 5.92 Å². The summed E-state index contributed by atoms with van der Waals surface area (Å²) in [7, 11) is 3.11. The van der Waals surface area contributed by atoms with Crippen molar-refractivity contribution in [1.29, 1.82) is 0 Å². The monoisotopic (exact) mass is 566 g/mol. The van der Waals surface area contributed by atoms with E-state index in [1.807, 2.05) is 30.3 Å². The van der Waals surface area contributed by atoms with Crippen molar-refractivity contribution >= 4 is 52.8 Å². The van der Waals surface area contributed by atoms with Crippen molar-refractivity contribution in [3.05, 3.63) is 68.7 Å². The largest absolute Gasteiger partial charge is 0.493 e. The van der Waals surface area contributed by atoms with Crippen LogP contribution in [-0.4, -0.2) is 36.1 Å². The number of anilines is 1. The molecule has 0 radical (unpaired) electrons. The third kappa shape index (κ3) is 7.31. The van der Waals surface area contributed by atoms with Gasteiger partial charge in [-0.25, -0.2) is 4.98 Å². The van der Waals surface area contributed by atoms with Gasteiger partial charge in [-0.1, -0.05) is 66.0 Å². The van der Waals surface area contributed by atoms with Crippen LogP contribution in [0.15, 0.2) is 36.4 Å². The first-order valence-corrected chi connectivity index (χ1v) is 12.8. The second-order valence-electron chi connectivity index (χ2n) is 8.51. The molecule has 3 rings (SSSR count). The van der Waals surface area contributed by atoms with Gasteiger partial charge in [-0.3, -0.25) is 9.59 Å². The van der Waals surface area contributed by atoms with Gasteiger partial charge in [0, 0.05) is 12.1 Å². The number of rotatable bonds is 13. The van der Waals surface area contributed by atoms with E-state index in [2.05, 4.69) is 22.5 Å². The van der Waals surface area contributed by atoms with E-state index in [1.165, 1.54) is 0 Å². The topological polar surface area (TPSA) is 94.5 Å². The number of nitrogens with one attached hydrogen (secondary N) is 2. The fourth-order valence-corrected chi connectivity index (χ4v) is 4.69. The number of hydrogen-bond donors (Lipinski definition) is 2. The molecule has 37 heavy (non-hydrogen) atoms. The van der Waals surface area contributed by atoms with E-state index in [1.54, 1.807) is 24.9 Å². The lowest BCUT2D eigenvalue weighted by Gasteiger charge is -2.16. The van der Waals surface area contributed by atoms with Crippen LogP contribution in [0.4, 0.5) is 5.69 Å². The summed E-state index contributed by atoms with van der Waals surface area (Å²) in [4.78, 5) is 27.8. The van der Waals surface area contributed by atoms with E-state index < -0.39 is 0 Å². The van der Waals surface area contributed by atoms with E-state index in [-0.39, 0.29) is 28.7 Å². The van der Waals surface area contributed by atoms with Crippen LogP contribution in [0.25, 0.3) is 0 Å². The maximum atomic E-state index is 12.6. The first-order chi connectivity index (χ1) is 17.8. The zero-order valence-corrected chi connectivity index (χ0v) is 23.1. The maximum Gasteiger partial charge on any atom is 0.220 e. The molecule has 1 heterocycles. The molecular weight excluding hydrogens is 539 g/mol. The molecule has 2 aromatic carbocycles. The molecule has 0 spiro atoms. The Labute approximate surface area is 231 Å². The molecule has 1 atom stereocenters. The number of hydrogen-bond acceptors (Lipinski definition) is 5. The minimum absolute atomic E-state index is 0.116. The van der Waals surface area contributed by atoms with Gasteiger partial charge in [-0.15, -0.1) is 0 Å². The Morgan fingerprint density at radius 3 is 2.57 bits per heavy atom. The van der Waals surface area contributed by atoms with Gasteiger partial charge in [0.05, 0.1) is 32.3 Å². The van der Waals surface area contributed by atoms with Crippen molar-refractivity contribution in [2.45, 2.75) is 39.3 Å². The molecule has 0 saturated carbocycles. The Hall–Kier alpha value is -2.94. The van der Waals surface area contributed by atoms with Crippen LogP contribution in [0.3, 0.4) is 0 Å². The Morgan fingerprint density at radius 2 is 1.86 bits per heavy atom. The lowest BCUT2D eigenvalue weighted by Crippen LogP contribution is -2.25. The van der Waals surface area contributed by atoms with Crippen LogP contribution in [0.5, 0.6) is 11.5 Å². The molecule has 1 unspecified atom stereocenters. The van der Waals surface area contributed by atoms with Crippen LogP contribution in [0, 0.1) is 5.92 Å². The molecule has 198 valence electrons. The second-order valence-corrected chi connectivity index (χ2v) is 9.61. The van der Waals surface area contributed by atoms with Crippen molar-refractivity contribution in [1.82, 2.24) is 14.9 Å². The lowest BCUT2D eigenvalue weighted by molar-refractivity contribution is -0.121. The van der Waals surface area contributed by atoms with E-state index in [0.717, 1.165) is 11.1 Å². The summed E-state index contributed by atoms with van der Waals surface area (Å²) in [6, 6.07) is 11.1. The Morgan fingerprint density at radius 1 is 1.11 bits per heavy atom. The summed E-state index contributed by atoms with van der Waals surface area (Å²) >= 11 is 19.0. The molecule has 8 nitrogen and oxygen atoms in total. The molecule has 2 N–H and O–H groups in total. The van der Waals surface area contributed by atoms with Crippen LogP contribution in [-0.2, 0) is 29.1 Å². The average molecular weight is 568 g/mol. The number of ether oxygens (including phenoxy) is 2. The predicted octanol–water partition coefficient (Wildman–Crippen LogP) is 5.75. The van der Waals surface area contributed by atoms with Gasteiger partial charge in [0.25, 0.3) is 0 Å². The number of imidazole rings is 1. The van der Waals surface area contributed by atoms with Gasteiger partial charge in [0.2, 0.25) is 12.3 Å². The Balaban J connectivity index is 1.58. The molecule has 0 aliphatic heterocycles. The molecule has 11 heteroatoms. The summed E-state index contributed by atoms with van der Waals surface area (Å²) in [5.74, 6) is 1.67. The van der Waals surface area contributed by atoms with E-state index in [0.29, 0.717) is 60.3 Å². The molecule has 2 amide bonds. The number of halogens is 3. The van der Waals surface area contributed by atoms with E-state index in [9.17, 15) is 9.59 Å². The number of benzene rings is 2. The summed E-state index contributed by atoms with van der Waals surface area (Å²) in [5, 5.41) is 6.49. The van der Waals surface area contributed by atoms with Gasteiger partial charge in [-0.05, 0) is 42.0 Å². The second kappa shape index (κ2) is 13.6. The number of carbonyl (C=O) groups is 2. The normalized spacial score (nSPS) is 11.6. The highest BCUT2D eigenvalue weighted by Gasteiger charge is 2.18. The number of carbonyl (C=O) groups excluding carboxylic acids is 2. The van der Waals surface area contributed by atoms with Crippen LogP contribution < -0.4 is 20.1 Å². The highest BCUT2D eigenvalue weighted by molar-refractivity contribution is 6.40. The standard InChI is InChI=1S/C26H29Cl3N4O4/c1-16(12-17-9-10-20(36-2)24(37-3)23(17)27)8-11-22(35)30-13-21-32-25(28)26(29)33(21)14-18-6-4-5-7-19(18)31-15-34/h4-7,9-10,15-16H,8,11-14H2,1-3H3,(H,30,35)(H,31,34). The molecule has 1 aromatic heterocycles. The van der Waals surface area contributed by atoms with Crippen LogP contribution in [0.1, 0.15) is 36.7 Å². The highest BCUT2D eigenvalue weighted by atomic mass is 35.5. The zero-order chi connectivity index (χ0) is 26.9. The zero-order valence-electron chi connectivity index (χ0n) is 20.8. The molecule has 3 aromatic rings. The Kier molecular flexibility index (Phi) is 10.5. The molecular formula is C26H29Cl3N4O4. The molecule has 0 aliphatic rings. The first-order valence-electron chi connectivity index (χ1n) is 11.6. The quantitative estimate of drug-likeness (QED) is 0.256. The van der Waals surface area contributed by atoms with Gasteiger partial charge >= 0.3 is 0 Å². The molecule has 0 bridgehead atoms. The lowest BCUT2D eigenvalue weighted by atomic mass is 9.96. The van der Waals surface area contributed by atoms with Gasteiger partial charge in [0.1, 0.15) is 11.0 Å². The van der Waals surface area contributed by atoms with E-state index in [4.69, 9.17) is 44.3 Å². The van der Waals surface area contributed by atoms with Gasteiger partial charge < -0.3 is 24.7 Å². The minimum Gasteiger partial charge on any atom is -0.493 e. The van der Waals surface area contributed by atoms with Crippen molar-refractivity contribution in [3.63, 3.8) is 0 Å². The fraction of sp³-hybridized carbons (Fsp3) is 0.346. The molecule has 0 fully saturated rings. The first kappa shape index (κ1) is 28.6. The summed E-state index contributed by atoms with van der Waals surface area (Å²) in [5.41, 5.74) is 2.40. The minimum atomic E-state index is -0.116. The van der Waals surface area contributed by atoms with Gasteiger partial charge in [-0.2, -0.15) is 0 Å². The third-order valence-corrected chi connectivity index (χ3v) is 7.11. The number of aromatic nitrogens is 2. The maximum absolute atomic E-state index is 12.6. The molecule has 0 aliphatic carbocycles. The molecule has 0 saturated heterocycles. The summed E-state index contributed by atoms with van der Waals surface area (Å²) < 4.78 is 12.4. The Bertz CT molecular complexity index is 1250.